The number of benzene rings is 1. The van der Waals surface area contributed by atoms with Crippen molar-refractivity contribution in [2.75, 3.05) is 17.6 Å². The topological polar surface area (TPSA) is 49.4 Å². The van der Waals surface area contributed by atoms with Gasteiger partial charge in [-0.25, -0.2) is 0 Å². The Morgan fingerprint density at radius 3 is 2.77 bits per heavy atom. The number of anilines is 1. The van der Waals surface area contributed by atoms with Crippen LogP contribution in [0.2, 0.25) is 0 Å². The van der Waals surface area contributed by atoms with Gasteiger partial charge in [0.25, 0.3) is 5.91 Å². The third-order valence-electron chi connectivity index (χ3n) is 4.47. The first kappa shape index (κ1) is 15.4. The summed E-state index contributed by atoms with van der Waals surface area (Å²) in [5.41, 5.74) is 1.37. The zero-order valence-electron chi connectivity index (χ0n) is 13.0. The number of thioether (sulfide) groups is 1. The first-order chi connectivity index (χ1) is 10.6. The smallest absolute Gasteiger partial charge is 0.254 e. The molecule has 1 N–H and O–H groups in total. The van der Waals surface area contributed by atoms with Crippen molar-refractivity contribution < 1.29 is 9.59 Å². The van der Waals surface area contributed by atoms with Crippen molar-refractivity contribution in [1.29, 1.82) is 0 Å². The van der Waals surface area contributed by atoms with Crippen LogP contribution in [0.4, 0.5) is 5.69 Å². The first-order valence-electron chi connectivity index (χ1n) is 7.90. The van der Waals surface area contributed by atoms with Crippen LogP contribution in [-0.4, -0.2) is 40.3 Å². The molecular formula is C17H22N2O2S. The minimum Gasteiger partial charge on any atom is -0.334 e. The summed E-state index contributed by atoms with van der Waals surface area (Å²) < 4.78 is 0. The van der Waals surface area contributed by atoms with Crippen molar-refractivity contribution >= 4 is 29.3 Å². The summed E-state index contributed by atoms with van der Waals surface area (Å²) in [7, 11) is 0. The maximum atomic E-state index is 12.7. The summed E-state index contributed by atoms with van der Waals surface area (Å²) in [6.07, 6.45) is 1.95. The lowest BCUT2D eigenvalue weighted by molar-refractivity contribution is -0.117. The Morgan fingerprint density at radius 2 is 2.05 bits per heavy atom. The molecule has 0 spiro atoms. The number of nitrogens with one attached hydrogen (secondary N) is 1. The molecule has 1 saturated heterocycles. The van der Waals surface area contributed by atoms with E-state index in [1.807, 2.05) is 34.9 Å². The highest BCUT2D eigenvalue weighted by Crippen LogP contribution is 2.30. The molecule has 2 aliphatic rings. The molecule has 5 heteroatoms. The Balaban J connectivity index is 1.73. The van der Waals surface area contributed by atoms with E-state index in [0.717, 1.165) is 30.8 Å². The van der Waals surface area contributed by atoms with Gasteiger partial charge in [-0.15, -0.1) is 0 Å². The second-order valence-corrected chi connectivity index (χ2v) is 7.64. The molecule has 1 aliphatic heterocycles. The Kier molecular flexibility index (Phi) is 4.43. The van der Waals surface area contributed by atoms with Gasteiger partial charge in [-0.1, -0.05) is 13.0 Å². The van der Waals surface area contributed by atoms with E-state index in [9.17, 15) is 9.59 Å². The molecule has 0 aromatic heterocycles. The number of hydrogen-bond donors (Lipinski definition) is 1. The van der Waals surface area contributed by atoms with Crippen LogP contribution in [0.1, 0.15) is 37.0 Å². The lowest BCUT2D eigenvalue weighted by atomic mass is 10.1. The minimum absolute atomic E-state index is 0.0576. The monoisotopic (exact) mass is 318 g/mol. The van der Waals surface area contributed by atoms with Gasteiger partial charge in [-0.05, 0) is 38.0 Å². The molecule has 3 rings (SSSR count). The third kappa shape index (κ3) is 3.29. The Labute approximate surface area is 135 Å². The second kappa shape index (κ2) is 6.32. The summed E-state index contributed by atoms with van der Waals surface area (Å²) in [6.45, 7) is 5.06. The van der Waals surface area contributed by atoms with Crippen LogP contribution in [-0.2, 0) is 4.79 Å². The van der Waals surface area contributed by atoms with Gasteiger partial charge >= 0.3 is 0 Å². The number of nitrogens with zero attached hydrogens (tertiary/aromatic N) is 1. The van der Waals surface area contributed by atoms with Crippen molar-refractivity contribution in [3.63, 3.8) is 0 Å². The summed E-state index contributed by atoms with van der Waals surface area (Å²) >= 11 is 1.91. The predicted octanol–water partition coefficient (Wildman–Crippen LogP) is 3.00. The van der Waals surface area contributed by atoms with E-state index < -0.39 is 0 Å². The van der Waals surface area contributed by atoms with Crippen LogP contribution in [0.5, 0.6) is 0 Å². The van der Waals surface area contributed by atoms with E-state index in [1.165, 1.54) is 0 Å². The van der Waals surface area contributed by atoms with Crippen molar-refractivity contribution in [1.82, 2.24) is 4.90 Å². The average Bonchev–Trinajstić information content (AvgIpc) is 3.34. The lowest BCUT2D eigenvalue weighted by Gasteiger charge is -2.37. The first-order valence-corrected chi connectivity index (χ1v) is 8.94. The number of carbonyl (C=O) groups is 2. The number of carbonyl (C=O) groups excluding carboxylic acids is 2. The van der Waals surface area contributed by atoms with Crippen molar-refractivity contribution in [2.24, 2.45) is 5.92 Å². The molecule has 1 aromatic rings. The van der Waals surface area contributed by atoms with Gasteiger partial charge in [0.05, 0.1) is 0 Å². The van der Waals surface area contributed by atoms with Crippen LogP contribution in [0.3, 0.4) is 0 Å². The molecule has 4 nitrogen and oxygen atoms in total. The highest BCUT2D eigenvalue weighted by atomic mass is 32.2. The fourth-order valence-corrected chi connectivity index (χ4v) is 3.80. The molecule has 22 heavy (non-hydrogen) atoms. The van der Waals surface area contributed by atoms with E-state index in [2.05, 4.69) is 19.2 Å². The maximum absolute atomic E-state index is 12.7. The Morgan fingerprint density at radius 1 is 1.27 bits per heavy atom. The summed E-state index contributed by atoms with van der Waals surface area (Å²) in [5.74, 6) is 1.28. The van der Waals surface area contributed by atoms with E-state index in [1.54, 1.807) is 6.07 Å². The number of rotatable bonds is 3. The minimum atomic E-state index is 0.0576. The normalized spacial score (nSPS) is 24.9. The van der Waals surface area contributed by atoms with Gasteiger partial charge in [0, 0.05) is 40.8 Å². The molecular weight excluding hydrogens is 296 g/mol. The van der Waals surface area contributed by atoms with Crippen LogP contribution in [0.15, 0.2) is 24.3 Å². The highest BCUT2D eigenvalue weighted by Gasteiger charge is 2.31. The molecule has 2 amide bonds. The maximum Gasteiger partial charge on any atom is 0.254 e. The van der Waals surface area contributed by atoms with Crippen molar-refractivity contribution in [2.45, 2.75) is 38.0 Å². The quantitative estimate of drug-likeness (QED) is 0.932. The molecule has 1 aliphatic carbocycles. The highest BCUT2D eigenvalue weighted by molar-refractivity contribution is 8.00. The standard InChI is InChI=1S/C17H22N2O2S/c1-11-12(2)22-9-8-19(11)17(21)14-4-3-5-15(10-14)18-16(20)13-6-7-13/h3-5,10-13H,6-9H2,1-2H3,(H,18,20)/t11-,12+/m1/s1. The number of hydrogen-bond acceptors (Lipinski definition) is 3. The molecule has 1 aromatic carbocycles. The van der Waals surface area contributed by atoms with Crippen LogP contribution in [0, 0.1) is 5.92 Å². The van der Waals surface area contributed by atoms with Crippen LogP contribution in [0.25, 0.3) is 0 Å². The molecule has 1 saturated carbocycles. The Bertz CT molecular complexity index is 586. The molecule has 2 fully saturated rings. The second-order valence-electron chi connectivity index (χ2n) is 6.16. The zero-order valence-corrected chi connectivity index (χ0v) is 13.9. The SMILES string of the molecule is C[C@@H]1SCCN(C(=O)c2cccc(NC(=O)C3CC3)c2)[C@@H]1C. The molecule has 0 unspecified atom stereocenters. The summed E-state index contributed by atoms with van der Waals surface area (Å²) in [4.78, 5) is 26.5. The fourth-order valence-electron chi connectivity index (χ4n) is 2.71. The predicted molar refractivity (Wildman–Crippen MR) is 90.2 cm³/mol. The van der Waals surface area contributed by atoms with Crippen molar-refractivity contribution in [3.05, 3.63) is 29.8 Å². The van der Waals surface area contributed by atoms with Gasteiger partial charge in [-0.3, -0.25) is 9.59 Å². The molecule has 0 bridgehead atoms. The zero-order chi connectivity index (χ0) is 15.7. The molecule has 1 heterocycles. The van der Waals surface area contributed by atoms with Crippen LogP contribution < -0.4 is 5.32 Å². The van der Waals surface area contributed by atoms with Gasteiger partial charge in [0.2, 0.25) is 5.91 Å². The molecule has 0 radical (unpaired) electrons. The van der Waals surface area contributed by atoms with E-state index in [4.69, 9.17) is 0 Å². The Hall–Kier alpha value is -1.49. The van der Waals surface area contributed by atoms with E-state index >= 15 is 0 Å². The number of amides is 2. The fraction of sp³-hybridized carbons (Fsp3) is 0.529. The molecule has 118 valence electrons. The summed E-state index contributed by atoms with van der Waals surface area (Å²) in [6, 6.07) is 7.53. The van der Waals surface area contributed by atoms with Gasteiger partial charge in [0.1, 0.15) is 0 Å². The van der Waals surface area contributed by atoms with Gasteiger partial charge in [0.15, 0.2) is 0 Å². The van der Waals surface area contributed by atoms with Gasteiger partial charge < -0.3 is 10.2 Å². The average molecular weight is 318 g/mol. The third-order valence-corrected chi connectivity index (χ3v) is 5.81. The van der Waals surface area contributed by atoms with E-state index in [-0.39, 0.29) is 23.8 Å². The van der Waals surface area contributed by atoms with Crippen molar-refractivity contribution in [3.8, 4) is 0 Å². The van der Waals surface area contributed by atoms with Crippen LogP contribution >= 0.6 is 11.8 Å². The molecule has 2 atom stereocenters. The van der Waals surface area contributed by atoms with Gasteiger partial charge in [-0.2, -0.15) is 11.8 Å². The summed E-state index contributed by atoms with van der Waals surface area (Å²) in [5, 5.41) is 3.36. The lowest BCUT2D eigenvalue weighted by Crippen LogP contribution is -2.47. The largest absolute Gasteiger partial charge is 0.334 e. The van der Waals surface area contributed by atoms with E-state index in [0.29, 0.717) is 10.8 Å².